The van der Waals surface area contributed by atoms with Gasteiger partial charge >= 0.3 is 0 Å². The Kier molecular flexibility index (Phi) is 3.86. The molecule has 22 heavy (non-hydrogen) atoms. The largest absolute Gasteiger partial charge is 0.449 e. The standard InChI is InChI=1S/C16H12Cl2N2O2/c17-9-4-1-3-8(16(9)20)13-14-10(21)5-2-6-11(14)22-12(7-19)15(13)18/h1,3-4,13H,2,5-6,20H2. The number of halogens is 2. The van der Waals surface area contributed by atoms with E-state index in [1.807, 2.05) is 6.07 Å². The maximum absolute atomic E-state index is 12.4. The van der Waals surface area contributed by atoms with Crippen LogP contribution in [0.2, 0.25) is 5.02 Å². The lowest BCUT2D eigenvalue weighted by atomic mass is 9.80. The van der Waals surface area contributed by atoms with Crippen LogP contribution in [-0.4, -0.2) is 5.78 Å². The first-order valence-corrected chi connectivity index (χ1v) is 7.58. The van der Waals surface area contributed by atoms with E-state index in [0.29, 0.717) is 46.9 Å². The Bertz CT molecular complexity index is 775. The lowest BCUT2D eigenvalue weighted by Gasteiger charge is -2.31. The van der Waals surface area contributed by atoms with Crippen LogP contribution < -0.4 is 5.73 Å². The van der Waals surface area contributed by atoms with E-state index in [-0.39, 0.29) is 16.6 Å². The van der Waals surface area contributed by atoms with Crippen LogP contribution in [0.4, 0.5) is 5.69 Å². The fourth-order valence-corrected chi connectivity index (χ4v) is 3.36. The number of nitrogens with two attached hydrogens (primary N) is 1. The molecule has 2 aliphatic rings. The number of para-hydroxylation sites is 1. The molecule has 1 atom stereocenters. The third-order valence-corrected chi connectivity index (χ3v) is 4.61. The van der Waals surface area contributed by atoms with Crippen LogP contribution in [0.5, 0.6) is 0 Å². The molecule has 0 spiro atoms. The lowest BCUT2D eigenvalue weighted by Crippen LogP contribution is -2.24. The van der Waals surface area contributed by atoms with E-state index in [9.17, 15) is 10.1 Å². The number of hydrogen-bond donors (Lipinski definition) is 1. The highest BCUT2D eigenvalue weighted by Gasteiger charge is 2.38. The van der Waals surface area contributed by atoms with E-state index in [2.05, 4.69) is 0 Å². The summed E-state index contributed by atoms with van der Waals surface area (Å²) in [5, 5.41) is 9.78. The fourth-order valence-electron chi connectivity index (χ4n) is 2.87. The van der Waals surface area contributed by atoms with Gasteiger partial charge in [0, 0.05) is 18.4 Å². The zero-order chi connectivity index (χ0) is 15.9. The maximum atomic E-state index is 12.4. The number of allylic oxidation sites excluding steroid dienone is 4. The molecule has 0 amide bonds. The number of nitrogen functional groups attached to an aromatic ring is 1. The van der Waals surface area contributed by atoms with Gasteiger partial charge in [-0.2, -0.15) is 5.26 Å². The minimum absolute atomic E-state index is 0.0134. The van der Waals surface area contributed by atoms with Crippen molar-refractivity contribution in [3.05, 3.63) is 50.9 Å². The van der Waals surface area contributed by atoms with Crippen LogP contribution in [0, 0.1) is 11.3 Å². The van der Waals surface area contributed by atoms with Crippen LogP contribution in [0.1, 0.15) is 30.7 Å². The molecule has 0 fully saturated rings. The molecule has 0 radical (unpaired) electrons. The summed E-state index contributed by atoms with van der Waals surface area (Å²) in [4.78, 5) is 12.4. The summed E-state index contributed by atoms with van der Waals surface area (Å²) in [5.41, 5.74) is 7.53. The summed E-state index contributed by atoms with van der Waals surface area (Å²) in [6, 6.07) is 7.12. The van der Waals surface area contributed by atoms with E-state index in [4.69, 9.17) is 33.7 Å². The van der Waals surface area contributed by atoms with Gasteiger partial charge in [-0.25, -0.2) is 0 Å². The minimum Gasteiger partial charge on any atom is -0.449 e. The molecule has 1 aliphatic carbocycles. The quantitative estimate of drug-likeness (QED) is 0.787. The van der Waals surface area contributed by atoms with Crippen molar-refractivity contribution in [1.29, 1.82) is 5.26 Å². The Labute approximate surface area is 137 Å². The van der Waals surface area contributed by atoms with Gasteiger partial charge in [0.1, 0.15) is 11.8 Å². The molecule has 0 saturated carbocycles. The van der Waals surface area contributed by atoms with Gasteiger partial charge in [0.15, 0.2) is 5.78 Å². The second-order valence-corrected chi connectivity index (χ2v) is 5.99. The highest BCUT2D eigenvalue weighted by molar-refractivity contribution is 6.34. The first kappa shape index (κ1) is 15.0. The summed E-state index contributed by atoms with van der Waals surface area (Å²) < 4.78 is 5.52. The summed E-state index contributed by atoms with van der Waals surface area (Å²) in [6.45, 7) is 0. The fraction of sp³-hybridized carbons (Fsp3) is 0.250. The average molecular weight is 335 g/mol. The van der Waals surface area contributed by atoms with Gasteiger partial charge in [-0.1, -0.05) is 35.3 Å². The van der Waals surface area contributed by atoms with Crippen molar-refractivity contribution >= 4 is 34.7 Å². The molecule has 0 saturated heterocycles. The van der Waals surface area contributed by atoms with Gasteiger partial charge in [0.25, 0.3) is 0 Å². The van der Waals surface area contributed by atoms with E-state index in [0.717, 1.165) is 0 Å². The van der Waals surface area contributed by atoms with Crippen molar-refractivity contribution in [2.24, 2.45) is 0 Å². The highest BCUT2D eigenvalue weighted by atomic mass is 35.5. The number of rotatable bonds is 1. The van der Waals surface area contributed by atoms with Crippen molar-refractivity contribution in [3.8, 4) is 6.07 Å². The maximum Gasteiger partial charge on any atom is 0.218 e. The number of hydrogen-bond acceptors (Lipinski definition) is 4. The molecule has 4 nitrogen and oxygen atoms in total. The van der Waals surface area contributed by atoms with Gasteiger partial charge < -0.3 is 10.5 Å². The Morgan fingerprint density at radius 1 is 1.32 bits per heavy atom. The predicted molar refractivity (Wildman–Crippen MR) is 84.1 cm³/mol. The molecule has 1 aliphatic heterocycles. The van der Waals surface area contributed by atoms with E-state index in [1.165, 1.54) is 0 Å². The Morgan fingerprint density at radius 3 is 2.82 bits per heavy atom. The third kappa shape index (κ3) is 2.27. The second kappa shape index (κ2) is 5.68. The van der Waals surface area contributed by atoms with Crippen molar-refractivity contribution in [2.45, 2.75) is 25.2 Å². The van der Waals surface area contributed by atoms with E-state index < -0.39 is 5.92 Å². The van der Waals surface area contributed by atoms with E-state index in [1.54, 1.807) is 18.2 Å². The Hall–Kier alpha value is -1.96. The molecule has 1 aromatic carbocycles. The summed E-state index contributed by atoms with van der Waals surface area (Å²) in [5.74, 6) is -0.0894. The first-order valence-electron chi connectivity index (χ1n) is 6.82. The molecule has 0 bridgehead atoms. The van der Waals surface area contributed by atoms with Crippen LogP contribution in [-0.2, 0) is 9.53 Å². The SMILES string of the molecule is N#CC1=C(Cl)C(c2cccc(Cl)c2N)C2=C(CCCC2=O)O1. The van der Waals surface area contributed by atoms with Crippen molar-refractivity contribution < 1.29 is 9.53 Å². The average Bonchev–Trinajstić information content (AvgIpc) is 2.51. The summed E-state index contributed by atoms with van der Waals surface area (Å²) in [6.07, 6.45) is 1.74. The normalized spacial score (nSPS) is 21.3. The molecule has 3 rings (SSSR count). The van der Waals surface area contributed by atoms with Crippen molar-refractivity contribution in [2.75, 3.05) is 5.73 Å². The number of nitrogens with zero attached hydrogens (tertiary/aromatic N) is 1. The Balaban J connectivity index is 2.24. The second-order valence-electron chi connectivity index (χ2n) is 5.18. The van der Waals surface area contributed by atoms with Crippen LogP contribution >= 0.6 is 23.2 Å². The number of ether oxygens (including phenoxy) is 1. The minimum atomic E-state index is -0.591. The van der Waals surface area contributed by atoms with Gasteiger partial charge in [0.2, 0.25) is 5.76 Å². The van der Waals surface area contributed by atoms with Crippen molar-refractivity contribution in [3.63, 3.8) is 0 Å². The van der Waals surface area contributed by atoms with Crippen molar-refractivity contribution in [1.82, 2.24) is 0 Å². The number of benzene rings is 1. The Morgan fingerprint density at radius 2 is 2.09 bits per heavy atom. The number of carbonyl (C=O) groups is 1. The van der Waals surface area contributed by atoms with E-state index >= 15 is 0 Å². The van der Waals surface area contributed by atoms with Crippen LogP contribution in [0.15, 0.2) is 40.3 Å². The highest BCUT2D eigenvalue weighted by Crippen LogP contribution is 2.47. The molecule has 6 heteroatoms. The number of nitriles is 1. The first-order chi connectivity index (χ1) is 10.5. The van der Waals surface area contributed by atoms with Gasteiger partial charge in [-0.15, -0.1) is 0 Å². The molecule has 1 aromatic rings. The zero-order valence-corrected chi connectivity index (χ0v) is 13.0. The predicted octanol–water partition coefficient (Wildman–Crippen LogP) is 4.02. The monoisotopic (exact) mass is 334 g/mol. The molecule has 0 aromatic heterocycles. The lowest BCUT2D eigenvalue weighted by molar-refractivity contribution is -0.116. The molecular formula is C16H12Cl2N2O2. The van der Waals surface area contributed by atoms with Crippen LogP contribution in [0.3, 0.4) is 0 Å². The summed E-state index contributed by atoms with van der Waals surface area (Å²) in [7, 11) is 0. The number of carbonyl (C=O) groups excluding carboxylic acids is 1. The molecular weight excluding hydrogens is 323 g/mol. The molecule has 1 heterocycles. The number of Topliss-reactive ketones (excluding diaryl/α,β-unsaturated/α-hetero) is 1. The molecule has 2 N–H and O–H groups in total. The van der Waals surface area contributed by atoms with Gasteiger partial charge in [0.05, 0.1) is 21.7 Å². The number of anilines is 1. The smallest absolute Gasteiger partial charge is 0.218 e. The topological polar surface area (TPSA) is 76.1 Å². The summed E-state index contributed by atoms with van der Waals surface area (Å²) >= 11 is 12.4. The molecule has 112 valence electrons. The zero-order valence-electron chi connectivity index (χ0n) is 11.5. The third-order valence-electron chi connectivity index (χ3n) is 3.89. The van der Waals surface area contributed by atoms with Gasteiger partial charge in [-0.3, -0.25) is 4.79 Å². The van der Waals surface area contributed by atoms with Gasteiger partial charge in [-0.05, 0) is 18.1 Å². The van der Waals surface area contributed by atoms with Crippen LogP contribution in [0.25, 0.3) is 0 Å². The number of ketones is 1. The molecule has 1 unspecified atom stereocenters.